The molecule has 0 bridgehead atoms. The maximum absolute atomic E-state index is 5.17. The number of nitrogens with one attached hydrogen (secondary N) is 1. The average Bonchev–Trinajstić information content (AvgIpc) is 2.38. The second-order valence-corrected chi connectivity index (χ2v) is 5.32. The minimum absolute atomic E-state index is 0.854. The third kappa shape index (κ3) is 4.25. The molecule has 0 heterocycles. The molecule has 1 N–H and O–H groups in total. The number of hydrogen-bond donors (Lipinski definition) is 1. The topological polar surface area (TPSA) is 21.3 Å². The van der Waals surface area contributed by atoms with Crippen LogP contribution in [0, 0.1) is 5.92 Å². The molecule has 0 saturated heterocycles. The van der Waals surface area contributed by atoms with E-state index in [1.807, 2.05) is 12.1 Å². The van der Waals surface area contributed by atoms with Gasteiger partial charge in [0.15, 0.2) is 0 Å². The maximum atomic E-state index is 5.17. The van der Waals surface area contributed by atoms with Gasteiger partial charge in [-0.1, -0.05) is 32.1 Å². The van der Waals surface area contributed by atoms with E-state index in [-0.39, 0.29) is 0 Å². The van der Waals surface area contributed by atoms with Gasteiger partial charge in [-0.2, -0.15) is 0 Å². The minimum atomic E-state index is 0.854. The van der Waals surface area contributed by atoms with Gasteiger partial charge >= 0.3 is 0 Å². The number of methoxy groups -OCH3 is 1. The molecular formula is C16H25NO. The number of ether oxygens (including phenoxy) is 1. The van der Waals surface area contributed by atoms with Gasteiger partial charge in [-0.3, -0.25) is 0 Å². The highest BCUT2D eigenvalue weighted by Gasteiger charge is 2.10. The zero-order chi connectivity index (χ0) is 12.6. The second-order valence-electron chi connectivity index (χ2n) is 5.32. The zero-order valence-corrected chi connectivity index (χ0v) is 11.5. The first-order valence-electron chi connectivity index (χ1n) is 7.26. The molecule has 0 amide bonds. The molecule has 1 aliphatic carbocycles. The fourth-order valence-electron chi connectivity index (χ4n) is 2.72. The molecule has 0 atom stereocenters. The predicted octanol–water partition coefficient (Wildman–Crippen LogP) is 4.47. The Kier molecular flexibility index (Phi) is 5.37. The standard InChI is InChI=1S/C16H25NO/c1-18-16-11-9-15(10-12-16)17-13-14-7-5-3-2-4-6-8-14/h9-12,14,17H,2-8,13H2,1H3. The van der Waals surface area contributed by atoms with E-state index >= 15 is 0 Å². The average molecular weight is 247 g/mol. The third-order valence-corrected chi connectivity index (χ3v) is 3.91. The molecule has 18 heavy (non-hydrogen) atoms. The molecule has 0 unspecified atom stereocenters. The van der Waals surface area contributed by atoms with Gasteiger partial charge in [0.2, 0.25) is 0 Å². The van der Waals surface area contributed by atoms with E-state index in [1.54, 1.807) is 7.11 Å². The molecule has 1 saturated carbocycles. The van der Waals surface area contributed by atoms with Crippen molar-refractivity contribution in [1.29, 1.82) is 0 Å². The van der Waals surface area contributed by atoms with Gasteiger partial charge in [-0.25, -0.2) is 0 Å². The Morgan fingerprint density at radius 2 is 1.61 bits per heavy atom. The molecule has 1 aromatic rings. The van der Waals surface area contributed by atoms with Crippen LogP contribution >= 0.6 is 0 Å². The molecule has 2 rings (SSSR count). The molecule has 2 heteroatoms. The van der Waals surface area contributed by atoms with E-state index in [0.717, 1.165) is 18.2 Å². The van der Waals surface area contributed by atoms with Gasteiger partial charge < -0.3 is 10.1 Å². The Morgan fingerprint density at radius 3 is 2.22 bits per heavy atom. The highest BCUT2D eigenvalue weighted by atomic mass is 16.5. The molecule has 100 valence electrons. The van der Waals surface area contributed by atoms with Gasteiger partial charge in [0.05, 0.1) is 7.11 Å². The lowest BCUT2D eigenvalue weighted by atomic mass is 9.91. The van der Waals surface area contributed by atoms with Crippen LogP contribution in [0.1, 0.15) is 44.9 Å². The van der Waals surface area contributed by atoms with Crippen molar-refractivity contribution in [2.45, 2.75) is 44.9 Å². The summed E-state index contributed by atoms with van der Waals surface area (Å²) < 4.78 is 5.17. The van der Waals surface area contributed by atoms with Crippen molar-refractivity contribution >= 4 is 5.69 Å². The summed E-state index contributed by atoms with van der Waals surface area (Å²) in [4.78, 5) is 0. The number of rotatable bonds is 4. The van der Waals surface area contributed by atoms with Crippen LogP contribution in [0.5, 0.6) is 5.75 Å². The maximum Gasteiger partial charge on any atom is 0.119 e. The van der Waals surface area contributed by atoms with Crippen LogP contribution in [0.25, 0.3) is 0 Å². The first-order valence-corrected chi connectivity index (χ1v) is 7.26. The lowest BCUT2D eigenvalue weighted by Crippen LogP contribution is -2.15. The summed E-state index contributed by atoms with van der Waals surface area (Å²) in [7, 11) is 1.71. The normalized spacial score (nSPS) is 17.8. The molecule has 0 aromatic heterocycles. The predicted molar refractivity (Wildman–Crippen MR) is 77.3 cm³/mol. The molecule has 1 fully saturated rings. The van der Waals surface area contributed by atoms with Crippen molar-refractivity contribution in [1.82, 2.24) is 0 Å². The fourth-order valence-corrected chi connectivity index (χ4v) is 2.72. The Bertz CT molecular complexity index is 325. The molecular weight excluding hydrogens is 222 g/mol. The van der Waals surface area contributed by atoms with E-state index in [1.165, 1.54) is 50.6 Å². The smallest absolute Gasteiger partial charge is 0.119 e. The molecule has 0 radical (unpaired) electrons. The fraction of sp³-hybridized carbons (Fsp3) is 0.625. The van der Waals surface area contributed by atoms with Gasteiger partial charge in [0.25, 0.3) is 0 Å². The highest BCUT2D eigenvalue weighted by molar-refractivity contribution is 5.46. The van der Waals surface area contributed by atoms with Crippen molar-refractivity contribution in [3.8, 4) is 5.75 Å². The van der Waals surface area contributed by atoms with E-state index in [2.05, 4.69) is 17.4 Å². The van der Waals surface area contributed by atoms with Crippen LogP contribution < -0.4 is 10.1 Å². The summed E-state index contributed by atoms with van der Waals surface area (Å²) in [6, 6.07) is 8.23. The summed E-state index contributed by atoms with van der Waals surface area (Å²) in [6.07, 6.45) is 9.91. The number of benzene rings is 1. The van der Waals surface area contributed by atoms with Crippen LogP contribution in [0.15, 0.2) is 24.3 Å². The molecule has 0 aliphatic heterocycles. The van der Waals surface area contributed by atoms with E-state index < -0.39 is 0 Å². The summed E-state index contributed by atoms with van der Waals surface area (Å²) in [5, 5.41) is 3.56. The largest absolute Gasteiger partial charge is 0.497 e. The van der Waals surface area contributed by atoms with Crippen LogP contribution in [0.3, 0.4) is 0 Å². The van der Waals surface area contributed by atoms with Crippen LogP contribution in [0.2, 0.25) is 0 Å². The van der Waals surface area contributed by atoms with Gasteiger partial charge in [0.1, 0.15) is 5.75 Å². The monoisotopic (exact) mass is 247 g/mol. The van der Waals surface area contributed by atoms with Crippen molar-refractivity contribution in [2.75, 3.05) is 19.0 Å². The summed E-state index contributed by atoms with van der Waals surface area (Å²) in [6.45, 7) is 1.12. The Balaban J connectivity index is 1.78. The van der Waals surface area contributed by atoms with Crippen molar-refractivity contribution in [3.05, 3.63) is 24.3 Å². The van der Waals surface area contributed by atoms with E-state index in [9.17, 15) is 0 Å². The lowest BCUT2D eigenvalue weighted by Gasteiger charge is -2.20. The zero-order valence-electron chi connectivity index (χ0n) is 11.5. The Labute approximate surface area is 111 Å². The van der Waals surface area contributed by atoms with E-state index in [0.29, 0.717) is 0 Å². The SMILES string of the molecule is COc1ccc(NCC2CCCCCCC2)cc1. The first kappa shape index (κ1) is 13.3. The van der Waals surface area contributed by atoms with Gasteiger partial charge in [-0.05, 0) is 43.0 Å². The van der Waals surface area contributed by atoms with Crippen molar-refractivity contribution < 1.29 is 4.74 Å². The first-order chi connectivity index (χ1) is 8.88. The van der Waals surface area contributed by atoms with Crippen molar-refractivity contribution in [3.63, 3.8) is 0 Å². The highest BCUT2D eigenvalue weighted by Crippen LogP contribution is 2.23. The second kappa shape index (κ2) is 7.30. The quantitative estimate of drug-likeness (QED) is 0.847. The molecule has 1 aliphatic rings. The molecule has 2 nitrogen and oxygen atoms in total. The van der Waals surface area contributed by atoms with Gasteiger partial charge in [-0.15, -0.1) is 0 Å². The number of hydrogen-bond acceptors (Lipinski definition) is 2. The van der Waals surface area contributed by atoms with Crippen LogP contribution in [0.4, 0.5) is 5.69 Å². The van der Waals surface area contributed by atoms with Crippen LogP contribution in [-0.2, 0) is 0 Å². The number of anilines is 1. The van der Waals surface area contributed by atoms with Crippen molar-refractivity contribution in [2.24, 2.45) is 5.92 Å². The minimum Gasteiger partial charge on any atom is -0.497 e. The Hall–Kier alpha value is -1.18. The summed E-state index contributed by atoms with van der Waals surface area (Å²) in [5.74, 6) is 1.78. The molecule has 0 spiro atoms. The third-order valence-electron chi connectivity index (χ3n) is 3.91. The lowest BCUT2D eigenvalue weighted by molar-refractivity contribution is 0.392. The Morgan fingerprint density at radius 1 is 1.00 bits per heavy atom. The van der Waals surface area contributed by atoms with Crippen LogP contribution in [-0.4, -0.2) is 13.7 Å². The summed E-state index contributed by atoms with van der Waals surface area (Å²) >= 11 is 0. The van der Waals surface area contributed by atoms with E-state index in [4.69, 9.17) is 4.74 Å². The van der Waals surface area contributed by atoms with Gasteiger partial charge in [0, 0.05) is 12.2 Å². The summed E-state index contributed by atoms with van der Waals surface area (Å²) in [5.41, 5.74) is 1.21. The molecule has 1 aromatic carbocycles.